The maximum Gasteiger partial charge on any atom is 0.407 e. The van der Waals surface area contributed by atoms with Crippen LogP contribution >= 0.6 is 0 Å². The Balaban J connectivity index is 2.36. The van der Waals surface area contributed by atoms with Crippen molar-refractivity contribution in [1.82, 2.24) is 10.6 Å². The van der Waals surface area contributed by atoms with Gasteiger partial charge in [-0.1, -0.05) is 26.2 Å². The number of aliphatic hydroxyl groups is 1. The lowest BCUT2D eigenvalue weighted by Gasteiger charge is -2.37. The first-order valence-electron chi connectivity index (χ1n) is 8.61. The highest BCUT2D eigenvalue weighted by atomic mass is 16.6. The quantitative estimate of drug-likeness (QED) is 0.676. The third-order valence-corrected chi connectivity index (χ3v) is 4.40. The molecule has 1 saturated carbocycles. The Morgan fingerprint density at radius 2 is 1.91 bits per heavy atom. The number of amides is 1. The number of ether oxygens (including phenoxy) is 1. The molecular formula is C17H34N2O3. The van der Waals surface area contributed by atoms with Crippen molar-refractivity contribution in [2.24, 2.45) is 5.41 Å². The summed E-state index contributed by atoms with van der Waals surface area (Å²) in [7, 11) is 0. The highest BCUT2D eigenvalue weighted by molar-refractivity contribution is 5.67. The van der Waals surface area contributed by atoms with Gasteiger partial charge in [-0.25, -0.2) is 4.79 Å². The van der Waals surface area contributed by atoms with Crippen LogP contribution in [0, 0.1) is 5.41 Å². The molecule has 5 heteroatoms. The number of alkyl carbamates (subject to hydrolysis) is 1. The van der Waals surface area contributed by atoms with E-state index in [0.29, 0.717) is 6.54 Å². The van der Waals surface area contributed by atoms with Gasteiger partial charge in [0, 0.05) is 31.2 Å². The van der Waals surface area contributed by atoms with Crippen LogP contribution in [-0.2, 0) is 4.74 Å². The normalized spacial score (nSPS) is 19.5. The van der Waals surface area contributed by atoms with Crippen LogP contribution in [0.15, 0.2) is 0 Å². The molecule has 1 rings (SSSR count). The van der Waals surface area contributed by atoms with E-state index in [1.807, 2.05) is 20.8 Å². The Morgan fingerprint density at radius 3 is 2.41 bits per heavy atom. The molecule has 0 bridgehead atoms. The van der Waals surface area contributed by atoms with Crippen LogP contribution in [0.2, 0.25) is 0 Å². The third kappa shape index (κ3) is 6.97. The summed E-state index contributed by atoms with van der Waals surface area (Å²) >= 11 is 0. The number of rotatable bonds is 7. The molecular weight excluding hydrogens is 280 g/mol. The third-order valence-electron chi connectivity index (χ3n) is 4.40. The fourth-order valence-electron chi connectivity index (χ4n) is 2.93. The van der Waals surface area contributed by atoms with Crippen LogP contribution in [0.5, 0.6) is 0 Å². The molecule has 0 aromatic rings. The van der Waals surface area contributed by atoms with Crippen molar-refractivity contribution in [3.63, 3.8) is 0 Å². The Bertz CT molecular complexity index is 333. The Hall–Kier alpha value is -0.810. The second kappa shape index (κ2) is 8.73. The Morgan fingerprint density at radius 1 is 1.27 bits per heavy atom. The first-order chi connectivity index (χ1) is 10.3. The summed E-state index contributed by atoms with van der Waals surface area (Å²) in [5.41, 5.74) is -0.445. The average molecular weight is 314 g/mol. The number of nitrogens with one attached hydrogen (secondary N) is 2. The molecule has 1 aliphatic rings. The van der Waals surface area contributed by atoms with E-state index in [1.54, 1.807) is 0 Å². The van der Waals surface area contributed by atoms with E-state index in [1.165, 1.54) is 19.3 Å². The summed E-state index contributed by atoms with van der Waals surface area (Å²) < 4.78 is 5.25. The molecule has 1 unspecified atom stereocenters. The molecule has 5 nitrogen and oxygen atoms in total. The van der Waals surface area contributed by atoms with E-state index in [4.69, 9.17) is 4.74 Å². The fourth-order valence-corrected chi connectivity index (χ4v) is 2.93. The summed E-state index contributed by atoms with van der Waals surface area (Å²) in [6.45, 7) is 9.28. The summed E-state index contributed by atoms with van der Waals surface area (Å²) in [5.74, 6) is 0. The average Bonchev–Trinajstić information content (AvgIpc) is 2.46. The molecule has 22 heavy (non-hydrogen) atoms. The molecule has 0 radical (unpaired) electrons. The summed E-state index contributed by atoms with van der Waals surface area (Å²) in [6.07, 6.45) is 6.42. The van der Waals surface area contributed by atoms with Crippen molar-refractivity contribution < 1.29 is 14.6 Å². The van der Waals surface area contributed by atoms with Crippen molar-refractivity contribution in [2.75, 3.05) is 19.7 Å². The lowest BCUT2D eigenvalue weighted by Crippen LogP contribution is -2.47. The minimum atomic E-state index is -0.470. The first-order valence-corrected chi connectivity index (χ1v) is 8.61. The number of hydrogen-bond donors (Lipinski definition) is 3. The maximum atomic E-state index is 11.7. The molecule has 0 aromatic heterocycles. The molecule has 0 aromatic carbocycles. The van der Waals surface area contributed by atoms with Crippen LogP contribution in [0.25, 0.3) is 0 Å². The van der Waals surface area contributed by atoms with Gasteiger partial charge in [0.15, 0.2) is 0 Å². The van der Waals surface area contributed by atoms with E-state index in [2.05, 4.69) is 17.6 Å². The van der Waals surface area contributed by atoms with Crippen LogP contribution in [0.1, 0.15) is 66.2 Å². The van der Waals surface area contributed by atoms with Crippen LogP contribution in [0.3, 0.4) is 0 Å². The summed E-state index contributed by atoms with van der Waals surface area (Å²) in [4.78, 5) is 11.7. The smallest absolute Gasteiger partial charge is 0.407 e. The van der Waals surface area contributed by atoms with Crippen molar-refractivity contribution >= 4 is 6.09 Å². The summed E-state index contributed by atoms with van der Waals surface area (Å²) in [5, 5.41) is 16.1. The molecule has 0 spiro atoms. The lowest BCUT2D eigenvalue weighted by molar-refractivity contribution is 0.0515. The highest BCUT2D eigenvalue weighted by Gasteiger charge is 2.31. The Kier molecular flexibility index (Phi) is 7.63. The van der Waals surface area contributed by atoms with Gasteiger partial charge >= 0.3 is 6.09 Å². The molecule has 1 aliphatic carbocycles. The second-order valence-corrected chi connectivity index (χ2v) is 7.59. The van der Waals surface area contributed by atoms with E-state index in [0.717, 1.165) is 25.8 Å². The van der Waals surface area contributed by atoms with E-state index in [-0.39, 0.29) is 24.2 Å². The van der Waals surface area contributed by atoms with Gasteiger partial charge in [0.2, 0.25) is 0 Å². The SMILES string of the molecule is CCC(CNC(=O)OC(C)(C)C)NCC1(CO)CCCCC1. The molecule has 0 aliphatic heterocycles. The lowest BCUT2D eigenvalue weighted by atomic mass is 9.74. The minimum Gasteiger partial charge on any atom is -0.444 e. The van der Waals surface area contributed by atoms with Gasteiger partial charge < -0.3 is 20.5 Å². The van der Waals surface area contributed by atoms with Crippen LogP contribution in [-0.4, -0.2) is 42.5 Å². The number of carbonyl (C=O) groups is 1. The first kappa shape index (κ1) is 19.2. The standard InChI is InChI=1S/C17H34N2O3/c1-5-14(11-18-15(21)22-16(2,3)4)19-12-17(13-20)9-7-6-8-10-17/h14,19-20H,5-13H2,1-4H3,(H,18,21). The molecule has 1 fully saturated rings. The van der Waals surface area contributed by atoms with Gasteiger partial charge in [0.05, 0.1) is 0 Å². The number of aliphatic hydroxyl groups excluding tert-OH is 1. The monoisotopic (exact) mass is 314 g/mol. The molecule has 1 atom stereocenters. The number of hydrogen-bond acceptors (Lipinski definition) is 4. The highest BCUT2D eigenvalue weighted by Crippen LogP contribution is 2.35. The van der Waals surface area contributed by atoms with Gasteiger partial charge in [0.25, 0.3) is 0 Å². The van der Waals surface area contributed by atoms with Crippen LogP contribution in [0.4, 0.5) is 4.79 Å². The fraction of sp³-hybridized carbons (Fsp3) is 0.941. The van der Waals surface area contributed by atoms with E-state index in [9.17, 15) is 9.90 Å². The minimum absolute atomic E-state index is 0.0254. The zero-order valence-corrected chi connectivity index (χ0v) is 14.7. The van der Waals surface area contributed by atoms with Gasteiger partial charge in [-0.2, -0.15) is 0 Å². The topological polar surface area (TPSA) is 70.6 Å². The summed E-state index contributed by atoms with van der Waals surface area (Å²) in [6, 6.07) is 0.206. The molecule has 0 heterocycles. The van der Waals surface area contributed by atoms with Crippen LogP contribution < -0.4 is 10.6 Å². The predicted molar refractivity (Wildman–Crippen MR) is 88.9 cm³/mol. The molecule has 0 saturated heterocycles. The molecule has 3 N–H and O–H groups in total. The molecule has 1 amide bonds. The molecule has 130 valence electrons. The van der Waals surface area contributed by atoms with Gasteiger partial charge in [-0.15, -0.1) is 0 Å². The maximum absolute atomic E-state index is 11.7. The van der Waals surface area contributed by atoms with Gasteiger partial charge in [-0.3, -0.25) is 0 Å². The zero-order valence-electron chi connectivity index (χ0n) is 14.7. The predicted octanol–water partition coefficient (Wildman–Crippen LogP) is 2.82. The zero-order chi connectivity index (χ0) is 16.6. The van der Waals surface area contributed by atoms with Gasteiger partial charge in [-0.05, 0) is 40.0 Å². The van der Waals surface area contributed by atoms with Crippen molar-refractivity contribution in [3.05, 3.63) is 0 Å². The van der Waals surface area contributed by atoms with Crippen molar-refractivity contribution in [1.29, 1.82) is 0 Å². The van der Waals surface area contributed by atoms with Crippen molar-refractivity contribution in [2.45, 2.75) is 77.9 Å². The van der Waals surface area contributed by atoms with Gasteiger partial charge in [0.1, 0.15) is 5.60 Å². The Labute approximate surface area is 135 Å². The van der Waals surface area contributed by atoms with Crippen molar-refractivity contribution in [3.8, 4) is 0 Å². The van der Waals surface area contributed by atoms with E-state index >= 15 is 0 Å². The largest absolute Gasteiger partial charge is 0.444 e. The number of carbonyl (C=O) groups excluding carboxylic acids is 1. The van der Waals surface area contributed by atoms with E-state index < -0.39 is 5.60 Å². The second-order valence-electron chi connectivity index (χ2n) is 7.59.